The van der Waals surface area contributed by atoms with Gasteiger partial charge in [-0.15, -0.1) is 11.3 Å². The summed E-state index contributed by atoms with van der Waals surface area (Å²) in [5.74, 6) is 1.65. The summed E-state index contributed by atoms with van der Waals surface area (Å²) in [6.45, 7) is 15.4. The number of nitrogens with one attached hydrogen (secondary N) is 1. The monoisotopic (exact) mass is 572 g/mol. The molecule has 0 spiro atoms. The first-order valence-electron chi connectivity index (χ1n) is 14.8. The van der Waals surface area contributed by atoms with Crippen LogP contribution in [0, 0.1) is 6.92 Å². The van der Waals surface area contributed by atoms with Crippen LogP contribution in [0.3, 0.4) is 0 Å². The van der Waals surface area contributed by atoms with Crippen LogP contribution in [0.4, 0.5) is 0 Å². The zero-order valence-electron chi connectivity index (χ0n) is 25.6. The topological polar surface area (TPSA) is 60.5 Å². The minimum Gasteiger partial charge on any atom is -0.488 e. The maximum atomic E-state index is 13.3. The van der Waals surface area contributed by atoms with E-state index in [0.717, 1.165) is 70.6 Å². The summed E-state index contributed by atoms with van der Waals surface area (Å²) >= 11 is 1.69. The molecule has 2 heterocycles. The van der Waals surface area contributed by atoms with E-state index in [-0.39, 0.29) is 17.1 Å². The van der Waals surface area contributed by atoms with E-state index in [9.17, 15) is 4.79 Å². The molecule has 218 valence electrons. The number of aromatic nitrogens is 1. The first-order chi connectivity index (χ1) is 19.5. The number of amides is 1. The van der Waals surface area contributed by atoms with Crippen LogP contribution in [0.2, 0.25) is 0 Å². The zero-order chi connectivity index (χ0) is 29.6. The molecular weight excluding hydrogens is 528 g/mol. The van der Waals surface area contributed by atoms with Crippen LogP contribution >= 0.6 is 11.3 Å². The fourth-order valence-electron chi connectivity index (χ4n) is 4.46. The smallest absolute Gasteiger partial charge is 0.252 e. The zero-order valence-corrected chi connectivity index (χ0v) is 26.4. The molecular formula is C35H44N2O3S. The Labute approximate surface area is 249 Å². The molecule has 0 saturated carbocycles. The number of nitrogens with zero attached hydrogens (tertiary/aromatic N) is 1. The van der Waals surface area contributed by atoms with E-state index < -0.39 is 0 Å². The molecule has 0 aliphatic carbocycles. The SMILES string of the molecule is CCC(C)(C)Oc1ccc(CCCCNC(=O)c2cc(-c3ccc(C)s3)nc3ccccc23)c(OC(C)(C)CC)c1. The average molecular weight is 573 g/mol. The van der Waals surface area contributed by atoms with E-state index in [4.69, 9.17) is 14.5 Å². The summed E-state index contributed by atoms with van der Waals surface area (Å²) in [6.07, 6.45) is 4.48. The molecule has 1 amide bonds. The number of ether oxygens (including phenoxy) is 2. The van der Waals surface area contributed by atoms with Gasteiger partial charge >= 0.3 is 0 Å². The molecule has 0 aliphatic heterocycles. The second-order valence-electron chi connectivity index (χ2n) is 11.9. The Bertz CT molecular complexity index is 1490. The van der Waals surface area contributed by atoms with E-state index in [0.29, 0.717) is 12.1 Å². The van der Waals surface area contributed by atoms with Gasteiger partial charge in [0.1, 0.15) is 22.7 Å². The first kappa shape index (κ1) is 30.6. The minimum absolute atomic E-state index is 0.0631. The molecule has 0 radical (unpaired) electrons. The van der Waals surface area contributed by atoms with Gasteiger partial charge in [-0.05, 0) is 103 Å². The highest BCUT2D eigenvalue weighted by Crippen LogP contribution is 2.33. The van der Waals surface area contributed by atoms with E-state index >= 15 is 0 Å². The number of aryl methyl sites for hydroxylation is 2. The summed E-state index contributed by atoms with van der Waals surface area (Å²) in [7, 11) is 0. The molecule has 5 nitrogen and oxygen atoms in total. The Kier molecular flexibility index (Phi) is 9.75. The van der Waals surface area contributed by atoms with Gasteiger partial charge in [-0.25, -0.2) is 4.98 Å². The molecule has 0 bridgehead atoms. The fraction of sp³-hybridized carbons (Fsp3) is 0.429. The quantitative estimate of drug-likeness (QED) is 0.162. The van der Waals surface area contributed by atoms with Crippen molar-refractivity contribution in [2.24, 2.45) is 0 Å². The van der Waals surface area contributed by atoms with Crippen LogP contribution in [-0.2, 0) is 6.42 Å². The molecule has 0 atom stereocenters. The summed E-state index contributed by atoms with van der Waals surface area (Å²) in [4.78, 5) is 20.4. The Morgan fingerprint density at radius 3 is 2.34 bits per heavy atom. The van der Waals surface area contributed by atoms with Crippen LogP contribution in [0.1, 0.15) is 88.0 Å². The molecule has 6 heteroatoms. The van der Waals surface area contributed by atoms with Crippen LogP contribution < -0.4 is 14.8 Å². The van der Waals surface area contributed by atoms with Gasteiger partial charge in [-0.3, -0.25) is 4.79 Å². The fourth-order valence-corrected chi connectivity index (χ4v) is 5.29. The van der Waals surface area contributed by atoms with Crippen LogP contribution in [0.15, 0.2) is 60.7 Å². The maximum absolute atomic E-state index is 13.3. The predicted molar refractivity (Wildman–Crippen MR) is 172 cm³/mol. The highest BCUT2D eigenvalue weighted by molar-refractivity contribution is 7.15. The van der Waals surface area contributed by atoms with E-state index in [1.165, 1.54) is 4.88 Å². The van der Waals surface area contributed by atoms with Crippen LogP contribution in [-0.4, -0.2) is 28.6 Å². The molecule has 41 heavy (non-hydrogen) atoms. The van der Waals surface area contributed by atoms with Gasteiger partial charge in [0.25, 0.3) is 5.91 Å². The number of benzene rings is 2. The minimum atomic E-state index is -0.268. The number of thiophene rings is 1. The third kappa shape index (κ3) is 8.10. The number of rotatable bonds is 13. The number of fused-ring (bicyclic) bond motifs is 1. The number of pyridine rings is 1. The third-order valence-electron chi connectivity index (χ3n) is 7.63. The van der Waals surface area contributed by atoms with E-state index in [2.05, 4.69) is 72.0 Å². The molecule has 1 N–H and O–H groups in total. The lowest BCUT2D eigenvalue weighted by molar-refractivity contribution is 0.0942. The van der Waals surface area contributed by atoms with Crippen molar-refractivity contribution in [1.82, 2.24) is 10.3 Å². The highest BCUT2D eigenvalue weighted by atomic mass is 32.1. The van der Waals surface area contributed by atoms with Crippen molar-refractivity contribution in [1.29, 1.82) is 0 Å². The van der Waals surface area contributed by atoms with Crippen molar-refractivity contribution < 1.29 is 14.3 Å². The Balaban J connectivity index is 1.41. The second kappa shape index (κ2) is 13.1. The molecule has 0 fully saturated rings. The largest absolute Gasteiger partial charge is 0.488 e. The standard InChI is InChI=1S/C35H44N2O3S/c1-8-34(4,5)39-26-19-18-25(31(22-26)40-35(6,7)9-2)14-12-13-21-36-33(38)28-23-30(32-20-17-24(3)41-32)37-29-16-11-10-15-27(28)29/h10-11,15-20,22-23H,8-9,12-14,21H2,1-7H3,(H,36,38). The summed E-state index contributed by atoms with van der Waals surface area (Å²) < 4.78 is 12.7. The highest BCUT2D eigenvalue weighted by Gasteiger charge is 2.22. The Hall–Kier alpha value is -3.38. The number of carbonyl (C=O) groups is 1. The number of para-hydroxylation sites is 1. The second-order valence-corrected chi connectivity index (χ2v) is 13.2. The van der Waals surface area contributed by atoms with Gasteiger partial charge in [0, 0.05) is 22.9 Å². The van der Waals surface area contributed by atoms with Crippen molar-refractivity contribution in [3.63, 3.8) is 0 Å². The third-order valence-corrected chi connectivity index (χ3v) is 8.66. The Morgan fingerprint density at radius 1 is 0.902 bits per heavy atom. The maximum Gasteiger partial charge on any atom is 0.252 e. The molecule has 2 aromatic carbocycles. The first-order valence-corrected chi connectivity index (χ1v) is 15.6. The van der Waals surface area contributed by atoms with Crippen LogP contribution in [0.5, 0.6) is 11.5 Å². The summed E-state index contributed by atoms with van der Waals surface area (Å²) in [5, 5.41) is 4.02. The van der Waals surface area contributed by atoms with Gasteiger partial charge in [-0.1, -0.05) is 38.1 Å². The van der Waals surface area contributed by atoms with Gasteiger partial charge in [0.2, 0.25) is 0 Å². The van der Waals surface area contributed by atoms with Crippen LogP contribution in [0.25, 0.3) is 21.5 Å². The van der Waals surface area contributed by atoms with Crippen molar-refractivity contribution in [2.45, 2.75) is 91.8 Å². The normalized spacial score (nSPS) is 12.0. The summed E-state index contributed by atoms with van der Waals surface area (Å²) in [5.41, 5.74) is 2.99. The predicted octanol–water partition coefficient (Wildman–Crippen LogP) is 9.16. The number of carbonyl (C=O) groups excluding carboxylic acids is 1. The molecule has 2 aromatic heterocycles. The van der Waals surface area contributed by atoms with Crippen molar-refractivity contribution >= 4 is 28.1 Å². The lowest BCUT2D eigenvalue weighted by Crippen LogP contribution is -2.28. The average Bonchev–Trinajstić information content (AvgIpc) is 3.39. The lowest BCUT2D eigenvalue weighted by Gasteiger charge is -2.29. The van der Waals surface area contributed by atoms with Gasteiger partial charge in [0.05, 0.1) is 21.7 Å². The van der Waals surface area contributed by atoms with Crippen molar-refractivity contribution in [3.8, 4) is 22.1 Å². The molecule has 4 rings (SSSR count). The number of unbranched alkanes of at least 4 members (excludes halogenated alkanes) is 1. The van der Waals surface area contributed by atoms with E-state index in [1.807, 2.05) is 42.5 Å². The van der Waals surface area contributed by atoms with Gasteiger partial charge in [-0.2, -0.15) is 0 Å². The lowest BCUT2D eigenvalue weighted by atomic mass is 10.0. The molecule has 0 saturated heterocycles. The molecule has 0 aliphatic rings. The van der Waals surface area contributed by atoms with Crippen molar-refractivity contribution in [2.75, 3.05) is 6.54 Å². The summed E-state index contributed by atoms with van der Waals surface area (Å²) in [6, 6.07) is 20.1. The van der Waals surface area contributed by atoms with Gasteiger partial charge in [0.15, 0.2) is 0 Å². The number of hydrogen-bond acceptors (Lipinski definition) is 5. The van der Waals surface area contributed by atoms with E-state index in [1.54, 1.807) is 11.3 Å². The van der Waals surface area contributed by atoms with Gasteiger partial charge < -0.3 is 14.8 Å². The molecule has 0 unspecified atom stereocenters. The van der Waals surface area contributed by atoms with Crippen molar-refractivity contribution in [3.05, 3.63) is 76.7 Å². The number of hydrogen-bond donors (Lipinski definition) is 1. The molecule has 4 aromatic rings. The Morgan fingerprint density at radius 2 is 1.63 bits per heavy atom.